The monoisotopic (exact) mass is 469 g/mol. The van der Waals surface area contributed by atoms with E-state index in [9.17, 15) is 31.2 Å². The second-order valence-electron chi connectivity index (χ2n) is 7.71. The summed E-state index contributed by atoms with van der Waals surface area (Å²) in [4.78, 5) is 26.3. The molecule has 1 unspecified atom stereocenters. The fraction of sp³-hybridized carbons (Fsp3) is 0.333. The molecule has 172 valence electrons. The highest BCUT2D eigenvalue weighted by molar-refractivity contribution is 7.89. The summed E-state index contributed by atoms with van der Waals surface area (Å²) in [6.45, 7) is 1.61. The SMILES string of the molecule is Cc1ccc(S(=O)(=O)N(C)C)cc1NC(=O)C1CC(=O)N(c2cccc(C(F)(F)F)c2)C1. The Kier molecular flexibility index (Phi) is 6.34. The maximum Gasteiger partial charge on any atom is 0.416 e. The Morgan fingerprint density at radius 1 is 1.16 bits per heavy atom. The summed E-state index contributed by atoms with van der Waals surface area (Å²) in [6, 6.07) is 8.69. The van der Waals surface area contributed by atoms with Crippen LogP contribution in [0.3, 0.4) is 0 Å². The van der Waals surface area contributed by atoms with Gasteiger partial charge in [0.15, 0.2) is 0 Å². The van der Waals surface area contributed by atoms with Crippen LogP contribution in [0, 0.1) is 12.8 Å². The Balaban J connectivity index is 1.79. The van der Waals surface area contributed by atoms with Crippen LogP contribution in [0.25, 0.3) is 0 Å². The lowest BCUT2D eigenvalue weighted by Crippen LogP contribution is -2.28. The number of nitrogens with zero attached hydrogens (tertiary/aromatic N) is 2. The molecule has 2 aromatic rings. The van der Waals surface area contributed by atoms with Crippen LogP contribution < -0.4 is 10.2 Å². The predicted molar refractivity (Wildman–Crippen MR) is 113 cm³/mol. The van der Waals surface area contributed by atoms with Gasteiger partial charge in [-0.05, 0) is 42.8 Å². The smallest absolute Gasteiger partial charge is 0.325 e. The van der Waals surface area contributed by atoms with E-state index in [4.69, 9.17) is 0 Å². The lowest BCUT2D eigenvalue weighted by atomic mass is 10.1. The molecule has 32 heavy (non-hydrogen) atoms. The lowest BCUT2D eigenvalue weighted by molar-refractivity contribution is -0.137. The van der Waals surface area contributed by atoms with Crippen LogP contribution in [0.2, 0.25) is 0 Å². The molecule has 0 radical (unpaired) electrons. The van der Waals surface area contributed by atoms with Crippen molar-refractivity contribution in [3.8, 4) is 0 Å². The summed E-state index contributed by atoms with van der Waals surface area (Å²) in [6.07, 6.45) is -4.72. The molecule has 1 fully saturated rings. The number of hydrogen-bond acceptors (Lipinski definition) is 4. The second kappa shape index (κ2) is 8.55. The Hall–Kier alpha value is -2.92. The van der Waals surface area contributed by atoms with Crippen LogP contribution in [0.1, 0.15) is 17.5 Å². The minimum absolute atomic E-state index is 0.00325. The molecule has 7 nitrogen and oxygen atoms in total. The molecule has 1 N–H and O–H groups in total. The quantitative estimate of drug-likeness (QED) is 0.728. The van der Waals surface area contributed by atoms with E-state index in [1.807, 2.05) is 0 Å². The van der Waals surface area contributed by atoms with Gasteiger partial charge < -0.3 is 10.2 Å². The standard InChI is InChI=1S/C21H22F3N3O4S/c1-13-7-8-17(32(30,31)26(2)3)11-18(13)25-20(29)14-9-19(28)27(12-14)16-6-4-5-15(10-16)21(22,23)24/h4-8,10-11,14H,9,12H2,1-3H3,(H,25,29). The van der Waals surface area contributed by atoms with Crippen molar-refractivity contribution >= 4 is 33.2 Å². The maximum atomic E-state index is 13.0. The first kappa shape index (κ1) is 23.7. The predicted octanol–water partition coefficient (Wildman–Crippen LogP) is 3.26. The Morgan fingerprint density at radius 3 is 2.47 bits per heavy atom. The molecule has 2 amide bonds. The topological polar surface area (TPSA) is 86.8 Å². The van der Waals surface area contributed by atoms with Crippen LogP contribution in [-0.2, 0) is 25.8 Å². The molecule has 0 spiro atoms. The number of rotatable bonds is 5. The molecule has 1 aliphatic heterocycles. The number of halogens is 3. The van der Waals surface area contributed by atoms with E-state index in [1.165, 1.54) is 38.4 Å². The molecular weight excluding hydrogens is 447 g/mol. The van der Waals surface area contributed by atoms with Crippen LogP contribution in [0.4, 0.5) is 24.5 Å². The summed E-state index contributed by atoms with van der Waals surface area (Å²) in [7, 11) is -0.935. The normalized spacial score (nSPS) is 17.2. The van der Waals surface area contributed by atoms with Crippen molar-refractivity contribution in [1.82, 2.24) is 4.31 Å². The largest absolute Gasteiger partial charge is 0.416 e. The molecule has 2 aromatic carbocycles. The van der Waals surface area contributed by atoms with Crippen LogP contribution in [0.15, 0.2) is 47.4 Å². The third-order valence-corrected chi connectivity index (χ3v) is 7.04. The number of nitrogens with one attached hydrogen (secondary N) is 1. The number of sulfonamides is 1. The number of carbonyl (C=O) groups is 2. The van der Waals surface area contributed by atoms with E-state index in [0.717, 1.165) is 21.3 Å². The third kappa shape index (κ3) is 4.78. The van der Waals surface area contributed by atoms with E-state index >= 15 is 0 Å². The first-order chi connectivity index (χ1) is 14.8. The minimum atomic E-state index is -4.55. The number of anilines is 2. The molecule has 0 bridgehead atoms. The Bertz CT molecular complexity index is 1160. The molecule has 1 heterocycles. The first-order valence-electron chi connectivity index (χ1n) is 9.62. The van der Waals surface area contributed by atoms with Crippen LogP contribution in [0.5, 0.6) is 0 Å². The molecule has 1 aliphatic rings. The second-order valence-corrected chi connectivity index (χ2v) is 9.86. The van der Waals surface area contributed by atoms with Gasteiger partial charge in [0, 0.05) is 38.4 Å². The summed E-state index contributed by atoms with van der Waals surface area (Å²) in [5.74, 6) is -1.79. The van der Waals surface area contributed by atoms with Gasteiger partial charge in [-0.25, -0.2) is 12.7 Å². The highest BCUT2D eigenvalue weighted by Gasteiger charge is 2.37. The van der Waals surface area contributed by atoms with Gasteiger partial charge in [0.1, 0.15) is 0 Å². The average molecular weight is 469 g/mol. The van der Waals surface area contributed by atoms with E-state index in [-0.39, 0.29) is 29.2 Å². The number of benzene rings is 2. The number of aryl methyl sites for hydroxylation is 1. The third-order valence-electron chi connectivity index (χ3n) is 5.23. The van der Waals surface area contributed by atoms with E-state index < -0.39 is 39.5 Å². The van der Waals surface area contributed by atoms with Crippen molar-refractivity contribution in [2.75, 3.05) is 30.9 Å². The van der Waals surface area contributed by atoms with Crippen LogP contribution >= 0.6 is 0 Å². The van der Waals surface area contributed by atoms with Gasteiger partial charge in [0.2, 0.25) is 21.8 Å². The van der Waals surface area contributed by atoms with Crippen molar-refractivity contribution in [2.24, 2.45) is 5.92 Å². The Morgan fingerprint density at radius 2 is 1.84 bits per heavy atom. The fourth-order valence-electron chi connectivity index (χ4n) is 3.32. The zero-order valence-corrected chi connectivity index (χ0v) is 18.4. The van der Waals surface area contributed by atoms with Crippen molar-refractivity contribution in [1.29, 1.82) is 0 Å². The minimum Gasteiger partial charge on any atom is -0.325 e. The van der Waals surface area contributed by atoms with Gasteiger partial charge >= 0.3 is 6.18 Å². The van der Waals surface area contributed by atoms with Crippen molar-refractivity contribution in [3.05, 3.63) is 53.6 Å². The van der Waals surface area contributed by atoms with E-state index in [0.29, 0.717) is 5.56 Å². The Labute approximate surface area is 183 Å². The molecule has 0 aliphatic carbocycles. The van der Waals surface area contributed by atoms with Crippen molar-refractivity contribution in [3.63, 3.8) is 0 Å². The average Bonchev–Trinajstić information content (AvgIpc) is 3.10. The van der Waals surface area contributed by atoms with Gasteiger partial charge in [-0.3, -0.25) is 9.59 Å². The van der Waals surface area contributed by atoms with Gasteiger partial charge in [0.25, 0.3) is 0 Å². The number of carbonyl (C=O) groups excluding carboxylic acids is 2. The van der Waals surface area contributed by atoms with Gasteiger partial charge in [0.05, 0.1) is 16.4 Å². The number of amides is 2. The molecule has 0 saturated carbocycles. The summed E-state index contributed by atoms with van der Waals surface area (Å²) < 4.78 is 64.7. The van der Waals surface area contributed by atoms with Gasteiger partial charge in [-0.1, -0.05) is 12.1 Å². The summed E-state index contributed by atoms with van der Waals surface area (Å²) in [5, 5.41) is 2.65. The molecule has 1 saturated heterocycles. The molecular formula is C21H22F3N3O4S. The highest BCUT2D eigenvalue weighted by atomic mass is 32.2. The van der Waals surface area contributed by atoms with Crippen molar-refractivity contribution < 1.29 is 31.2 Å². The summed E-state index contributed by atoms with van der Waals surface area (Å²) in [5.41, 5.74) is 0.0821. The maximum absolute atomic E-state index is 13.0. The highest BCUT2D eigenvalue weighted by Crippen LogP contribution is 2.34. The molecule has 1 atom stereocenters. The van der Waals surface area contributed by atoms with E-state index in [1.54, 1.807) is 13.0 Å². The first-order valence-corrected chi connectivity index (χ1v) is 11.1. The van der Waals surface area contributed by atoms with E-state index in [2.05, 4.69) is 5.32 Å². The number of alkyl halides is 3. The van der Waals surface area contributed by atoms with Crippen molar-refractivity contribution in [2.45, 2.75) is 24.4 Å². The van der Waals surface area contributed by atoms with Gasteiger partial charge in [-0.2, -0.15) is 13.2 Å². The lowest BCUT2D eigenvalue weighted by Gasteiger charge is -2.19. The van der Waals surface area contributed by atoms with Gasteiger partial charge in [-0.15, -0.1) is 0 Å². The molecule has 3 rings (SSSR count). The van der Waals surface area contributed by atoms with Crippen LogP contribution in [-0.4, -0.2) is 45.2 Å². The summed E-state index contributed by atoms with van der Waals surface area (Å²) >= 11 is 0. The molecule has 0 aromatic heterocycles. The molecule has 11 heteroatoms. The zero-order valence-electron chi connectivity index (χ0n) is 17.6. The zero-order chi connectivity index (χ0) is 23.8. The number of hydrogen-bond donors (Lipinski definition) is 1. The fourth-order valence-corrected chi connectivity index (χ4v) is 4.25.